The van der Waals surface area contributed by atoms with Gasteiger partial charge in [-0.2, -0.15) is 0 Å². The molecule has 0 aliphatic carbocycles. The van der Waals surface area contributed by atoms with Gasteiger partial charge in [0.2, 0.25) is 0 Å². The number of anilines is 1. The molecule has 94 valence electrons. The van der Waals surface area contributed by atoms with Crippen LogP contribution < -0.4 is 5.73 Å². The Balaban J connectivity index is 2.56. The van der Waals surface area contributed by atoms with E-state index in [1.807, 2.05) is 0 Å². The Labute approximate surface area is 107 Å². The highest BCUT2D eigenvalue weighted by molar-refractivity contribution is 6.30. The quantitative estimate of drug-likeness (QED) is 0.847. The second-order valence-electron chi connectivity index (χ2n) is 3.41. The minimum absolute atomic E-state index is 0.0111. The fraction of sp³-hybridized carbons (Fsp3) is 0.0909. The number of carbonyl (C=O) groups is 1. The van der Waals surface area contributed by atoms with Gasteiger partial charge in [0.1, 0.15) is 12.1 Å². The van der Waals surface area contributed by atoms with Crippen LogP contribution in [0.5, 0.6) is 0 Å². The SMILES string of the molecule is COC(=O)c1ncn(-c2cccc(Cl)c2F)c1N. The van der Waals surface area contributed by atoms with Crippen molar-refractivity contribution in [3.05, 3.63) is 41.1 Å². The summed E-state index contributed by atoms with van der Waals surface area (Å²) >= 11 is 5.67. The number of nitrogens with zero attached hydrogens (tertiary/aromatic N) is 2. The van der Waals surface area contributed by atoms with Gasteiger partial charge >= 0.3 is 5.97 Å². The molecule has 1 heterocycles. The van der Waals surface area contributed by atoms with Crippen molar-refractivity contribution in [3.63, 3.8) is 0 Å². The topological polar surface area (TPSA) is 70.1 Å². The molecule has 18 heavy (non-hydrogen) atoms. The molecule has 0 unspecified atom stereocenters. The van der Waals surface area contributed by atoms with Crippen molar-refractivity contribution in [1.29, 1.82) is 0 Å². The number of carbonyl (C=O) groups excluding carboxylic acids is 1. The van der Waals surface area contributed by atoms with Crippen LogP contribution in [-0.4, -0.2) is 22.6 Å². The van der Waals surface area contributed by atoms with Gasteiger partial charge in [-0.25, -0.2) is 14.2 Å². The zero-order valence-electron chi connectivity index (χ0n) is 9.35. The van der Waals surface area contributed by atoms with E-state index in [1.54, 1.807) is 6.07 Å². The first-order chi connectivity index (χ1) is 8.56. The van der Waals surface area contributed by atoms with E-state index >= 15 is 0 Å². The van der Waals surface area contributed by atoms with E-state index in [9.17, 15) is 9.18 Å². The first-order valence-corrected chi connectivity index (χ1v) is 5.29. The standard InChI is InChI=1S/C11H9ClFN3O2/c1-18-11(17)9-10(14)16(5-15-9)7-4-2-3-6(12)8(7)13/h2-5H,14H2,1H3. The van der Waals surface area contributed by atoms with Gasteiger partial charge in [-0.1, -0.05) is 17.7 Å². The maximum atomic E-state index is 13.8. The Morgan fingerprint density at radius 3 is 2.94 bits per heavy atom. The summed E-state index contributed by atoms with van der Waals surface area (Å²) < 4.78 is 19.5. The van der Waals surface area contributed by atoms with E-state index in [0.29, 0.717) is 0 Å². The van der Waals surface area contributed by atoms with E-state index in [-0.39, 0.29) is 22.2 Å². The fourth-order valence-electron chi connectivity index (χ4n) is 1.48. The summed E-state index contributed by atoms with van der Waals surface area (Å²) in [5.41, 5.74) is 5.76. The van der Waals surface area contributed by atoms with Crippen molar-refractivity contribution in [3.8, 4) is 5.69 Å². The van der Waals surface area contributed by atoms with Crippen molar-refractivity contribution in [1.82, 2.24) is 9.55 Å². The van der Waals surface area contributed by atoms with Crippen LogP contribution in [0.3, 0.4) is 0 Å². The average molecular weight is 270 g/mol. The highest BCUT2D eigenvalue weighted by Crippen LogP contribution is 2.24. The van der Waals surface area contributed by atoms with Crippen molar-refractivity contribution < 1.29 is 13.9 Å². The van der Waals surface area contributed by atoms with E-state index in [1.165, 1.54) is 30.1 Å². The molecule has 7 heteroatoms. The number of esters is 1. The van der Waals surface area contributed by atoms with Crippen LogP contribution in [-0.2, 0) is 4.74 Å². The molecule has 0 aliphatic heterocycles. The third-order valence-electron chi connectivity index (χ3n) is 2.37. The minimum Gasteiger partial charge on any atom is -0.464 e. The highest BCUT2D eigenvalue weighted by atomic mass is 35.5. The molecule has 2 rings (SSSR count). The van der Waals surface area contributed by atoms with Gasteiger partial charge in [-0.05, 0) is 12.1 Å². The summed E-state index contributed by atoms with van der Waals surface area (Å²) in [5.74, 6) is -1.34. The molecule has 0 bridgehead atoms. The predicted octanol–water partition coefficient (Wildman–Crippen LogP) is 2.03. The number of nitrogens with two attached hydrogens (primary N) is 1. The largest absolute Gasteiger partial charge is 0.464 e. The Bertz CT molecular complexity index is 612. The third kappa shape index (κ3) is 1.91. The Morgan fingerprint density at radius 2 is 2.28 bits per heavy atom. The van der Waals surface area contributed by atoms with E-state index in [2.05, 4.69) is 9.72 Å². The van der Waals surface area contributed by atoms with Crippen LogP contribution in [0.4, 0.5) is 10.2 Å². The van der Waals surface area contributed by atoms with Gasteiger partial charge < -0.3 is 10.5 Å². The maximum absolute atomic E-state index is 13.8. The smallest absolute Gasteiger partial charge is 0.360 e. The molecule has 2 aromatic rings. The first kappa shape index (κ1) is 12.4. The zero-order chi connectivity index (χ0) is 13.3. The lowest BCUT2D eigenvalue weighted by Crippen LogP contribution is -2.08. The molecule has 0 saturated heterocycles. The average Bonchev–Trinajstić information content (AvgIpc) is 2.74. The van der Waals surface area contributed by atoms with Crippen molar-refractivity contribution in [2.24, 2.45) is 0 Å². The second-order valence-corrected chi connectivity index (χ2v) is 3.82. The van der Waals surface area contributed by atoms with E-state index in [0.717, 1.165) is 0 Å². The Kier molecular flexibility index (Phi) is 3.20. The van der Waals surface area contributed by atoms with Gasteiger partial charge in [-0.15, -0.1) is 0 Å². The minimum atomic E-state index is -0.686. The molecule has 0 atom stereocenters. The number of methoxy groups -OCH3 is 1. The van der Waals surface area contributed by atoms with E-state index in [4.69, 9.17) is 17.3 Å². The number of imidazole rings is 1. The number of halogens is 2. The number of nitrogen functional groups attached to an aromatic ring is 1. The summed E-state index contributed by atoms with van der Waals surface area (Å²) in [5, 5.41) is -0.0415. The number of rotatable bonds is 2. The fourth-order valence-corrected chi connectivity index (χ4v) is 1.65. The third-order valence-corrected chi connectivity index (χ3v) is 2.67. The number of aromatic nitrogens is 2. The molecular weight excluding hydrogens is 261 g/mol. The monoisotopic (exact) mass is 269 g/mol. The van der Waals surface area contributed by atoms with Gasteiger partial charge in [0, 0.05) is 0 Å². The summed E-state index contributed by atoms with van der Waals surface area (Å²) in [7, 11) is 1.21. The lowest BCUT2D eigenvalue weighted by atomic mass is 10.3. The van der Waals surface area contributed by atoms with Crippen LogP contribution in [0, 0.1) is 5.82 Å². The summed E-state index contributed by atoms with van der Waals surface area (Å²) in [6, 6.07) is 4.45. The maximum Gasteiger partial charge on any atom is 0.360 e. The molecule has 2 N–H and O–H groups in total. The predicted molar refractivity (Wildman–Crippen MR) is 64.3 cm³/mol. The highest BCUT2D eigenvalue weighted by Gasteiger charge is 2.19. The van der Waals surface area contributed by atoms with Gasteiger partial charge in [0.15, 0.2) is 11.5 Å². The number of ether oxygens (including phenoxy) is 1. The molecule has 5 nitrogen and oxygen atoms in total. The molecular formula is C11H9ClFN3O2. The first-order valence-electron chi connectivity index (χ1n) is 4.91. The summed E-state index contributed by atoms with van der Waals surface area (Å²) in [6.07, 6.45) is 1.23. The van der Waals surface area contributed by atoms with Crippen molar-refractivity contribution in [2.45, 2.75) is 0 Å². The van der Waals surface area contributed by atoms with Crippen LogP contribution >= 0.6 is 11.6 Å². The second kappa shape index (κ2) is 4.66. The lowest BCUT2D eigenvalue weighted by molar-refractivity contribution is 0.0596. The number of hydrogen-bond donors (Lipinski definition) is 1. The van der Waals surface area contributed by atoms with Crippen LogP contribution in [0.1, 0.15) is 10.5 Å². The molecule has 1 aromatic heterocycles. The number of benzene rings is 1. The summed E-state index contributed by atoms with van der Waals surface area (Å²) in [6.45, 7) is 0. The lowest BCUT2D eigenvalue weighted by Gasteiger charge is -2.07. The van der Waals surface area contributed by atoms with Crippen LogP contribution in [0.25, 0.3) is 5.69 Å². The Morgan fingerprint density at radius 1 is 1.56 bits per heavy atom. The van der Waals surface area contributed by atoms with Crippen LogP contribution in [0.15, 0.2) is 24.5 Å². The van der Waals surface area contributed by atoms with Gasteiger partial charge in [0.25, 0.3) is 0 Å². The van der Waals surface area contributed by atoms with E-state index < -0.39 is 11.8 Å². The Hall–Kier alpha value is -2.08. The molecule has 0 saturated carbocycles. The molecule has 0 fully saturated rings. The molecule has 0 radical (unpaired) electrons. The summed E-state index contributed by atoms with van der Waals surface area (Å²) in [4.78, 5) is 15.1. The van der Waals surface area contributed by atoms with Gasteiger partial charge in [0.05, 0.1) is 17.8 Å². The zero-order valence-corrected chi connectivity index (χ0v) is 10.1. The molecule has 1 aromatic carbocycles. The number of hydrogen-bond acceptors (Lipinski definition) is 4. The van der Waals surface area contributed by atoms with Crippen molar-refractivity contribution in [2.75, 3.05) is 12.8 Å². The molecule has 0 aliphatic rings. The molecule has 0 amide bonds. The normalized spacial score (nSPS) is 10.4. The van der Waals surface area contributed by atoms with Gasteiger partial charge in [-0.3, -0.25) is 4.57 Å². The van der Waals surface area contributed by atoms with Crippen molar-refractivity contribution >= 4 is 23.4 Å². The molecule has 0 spiro atoms. The van der Waals surface area contributed by atoms with Crippen LogP contribution in [0.2, 0.25) is 5.02 Å².